The van der Waals surface area contributed by atoms with Gasteiger partial charge in [-0.25, -0.2) is 9.97 Å². The van der Waals surface area contributed by atoms with Crippen molar-refractivity contribution in [1.82, 2.24) is 19.9 Å². The van der Waals surface area contributed by atoms with Crippen molar-refractivity contribution in [3.63, 3.8) is 0 Å². The highest BCUT2D eigenvalue weighted by atomic mass is 32.2. The number of rotatable bonds is 8. The first-order valence-corrected chi connectivity index (χ1v) is 11.1. The van der Waals surface area contributed by atoms with Crippen LogP contribution in [0.15, 0.2) is 83.0 Å². The van der Waals surface area contributed by atoms with Gasteiger partial charge >= 0.3 is 0 Å². The highest BCUT2D eigenvalue weighted by Crippen LogP contribution is 2.26. The van der Waals surface area contributed by atoms with E-state index in [1.807, 2.05) is 45.9 Å². The lowest BCUT2D eigenvalue weighted by Gasteiger charge is -2.10. The molecule has 0 atom stereocenters. The van der Waals surface area contributed by atoms with E-state index in [4.69, 9.17) is 0 Å². The maximum absolute atomic E-state index is 12.7. The van der Waals surface area contributed by atoms with Crippen molar-refractivity contribution < 1.29 is 4.79 Å². The molecule has 0 fully saturated rings. The van der Waals surface area contributed by atoms with E-state index >= 15 is 0 Å². The van der Waals surface area contributed by atoms with Crippen LogP contribution in [0.3, 0.4) is 0 Å². The summed E-state index contributed by atoms with van der Waals surface area (Å²) in [5.41, 5.74) is 5.83. The summed E-state index contributed by atoms with van der Waals surface area (Å²) >= 11 is 3.22. The number of carbonyl (C=O) groups is 1. The third kappa shape index (κ3) is 5.34. The zero-order chi connectivity index (χ0) is 19.9. The summed E-state index contributed by atoms with van der Waals surface area (Å²) in [5, 5.41) is 5.07. The van der Waals surface area contributed by atoms with Gasteiger partial charge in [-0.05, 0) is 23.3 Å². The Morgan fingerprint density at radius 3 is 2.69 bits per heavy atom. The Morgan fingerprint density at radius 1 is 1.10 bits per heavy atom. The predicted octanol–water partition coefficient (Wildman–Crippen LogP) is 4.61. The van der Waals surface area contributed by atoms with Gasteiger partial charge in [0.1, 0.15) is 0 Å². The third-order valence-electron chi connectivity index (χ3n) is 4.39. The largest absolute Gasteiger partial charge is 0.348 e. The molecule has 0 spiro atoms. The van der Waals surface area contributed by atoms with Crippen LogP contribution < -0.4 is 5.32 Å². The highest BCUT2D eigenvalue weighted by molar-refractivity contribution is 7.98. The van der Waals surface area contributed by atoms with Crippen molar-refractivity contribution in [3.8, 4) is 0 Å². The lowest BCUT2D eigenvalue weighted by atomic mass is 10.1. The van der Waals surface area contributed by atoms with E-state index in [2.05, 4.69) is 39.6 Å². The molecular formula is C22H20N4OS2. The van der Waals surface area contributed by atoms with Crippen LogP contribution in [0.25, 0.3) is 0 Å². The molecule has 1 amide bonds. The minimum atomic E-state index is -0.0612. The molecule has 7 heteroatoms. The van der Waals surface area contributed by atoms with Crippen LogP contribution in [0.1, 0.15) is 27.2 Å². The van der Waals surface area contributed by atoms with Crippen molar-refractivity contribution in [1.29, 1.82) is 0 Å². The van der Waals surface area contributed by atoms with Crippen LogP contribution in [-0.4, -0.2) is 20.4 Å². The fraction of sp³-hybridized carbons (Fsp3) is 0.136. The van der Waals surface area contributed by atoms with Crippen molar-refractivity contribution in [3.05, 3.63) is 101 Å². The fourth-order valence-electron chi connectivity index (χ4n) is 2.87. The molecule has 2 heterocycles. The number of thioether (sulfide) groups is 1. The van der Waals surface area contributed by atoms with E-state index in [-0.39, 0.29) is 5.91 Å². The maximum atomic E-state index is 12.7. The number of nitrogens with zero attached hydrogens (tertiary/aromatic N) is 3. The van der Waals surface area contributed by atoms with E-state index in [1.54, 1.807) is 35.6 Å². The van der Waals surface area contributed by atoms with Gasteiger partial charge in [0.2, 0.25) is 0 Å². The summed E-state index contributed by atoms with van der Waals surface area (Å²) in [6.45, 7) is 1.28. The number of nitrogens with one attached hydrogen (secondary N) is 1. The molecule has 0 saturated carbocycles. The Kier molecular flexibility index (Phi) is 6.38. The first-order chi connectivity index (χ1) is 14.3. The Labute approximate surface area is 177 Å². The number of hydrogen-bond donors (Lipinski definition) is 1. The Bertz CT molecular complexity index is 1040. The molecule has 0 unspecified atom stereocenters. The minimum Gasteiger partial charge on any atom is -0.348 e. The number of hydrogen-bond acceptors (Lipinski definition) is 5. The second-order valence-electron chi connectivity index (χ2n) is 6.50. The van der Waals surface area contributed by atoms with Crippen LogP contribution >= 0.6 is 23.1 Å². The molecule has 0 radical (unpaired) electrons. The summed E-state index contributed by atoms with van der Waals surface area (Å²) < 4.78 is 2.02. The van der Waals surface area contributed by atoms with Gasteiger partial charge in [0.25, 0.3) is 5.91 Å². The standard InChI is InChI=1S/C22H20N4OS2/c27-22(20-3-1-2-4-21(20)29-14-19-13-28-16-25-19)24-11-17-5-7-18(8-6-17)12-26-10-9-23-15-26/h1-10,13,15-16H,11-12,14H2,(H,24,27). The molecule has 4 aromatic rings. The molecule has 4 rings (SSSR count). The molecule has 0 aliphatic rings. The molecule has 2 aromatic heterocycles. The molecule has 0 bridgehead atoms. The number of aromatic nitrogens is 3. The Hall–Kier alpha value is -2.90. The molecule has 2 aromatic carbocycles. The molecule has 1 N–H and O–H groups in total. The lowest BCUT2D eigenvalue weighted by Crippen LogP contribution is -2.23. The second kappa shape index (κ2) is 9.54. The maximum Gasteiger partial charge on any atom is 0.252 e. The van der Waals surface area contributed by atoms with Crippen LogP contribution in [0.4, 0.5) is 0 Å². The van der Waals surface area contributed by atoms with E-state index in [0.29, 0.717) is 12.1 Å². The molecule has 146 valence electrons. The Morgan fingerprint density at radius 2 is 1.93 bits per heavy atom. The predicted molar refractivity (Wildman–Crippen MR) is 117 cm³/mol. The summed E-state index contributed by atoms with van der Waals surface area (Å²) in [5.74, 6) is 0.695. The molecule has 29 heavy (non-hydrogen) atoms. The lowest BCUT2D eigenvalue weighted by molar-refractivity contribution is 0.0948. The minimum absolute atomic E-state index is 0.0612. The fourth-order valence-corrected chi connectivity index (χ4v) is 4.49. The van der Waals surface area contributed by atoms with Crippen LogP contribution in [0, 0.1) is 0 Å². The van der Waals surface area contributed by atoms with Crippen LogP contribution in [0.5, 0.6) is 0 Å². The van der Waals surface area contributed by atoms with Gasteiger partial charge in [-0.3, -0.25) is 4.79 Å². The van der Waals surface area contributed by atoms with Gasteiger partial charge in [-0.1, -0.05) is 36.4 Å². The number of thiazole rings is 1. The van der Waals surface area contributed by atoms with Crippen molar-refractivity contribution >= 4 is 29.0 Å². The number of amides is 1. The van der Waals surface area contributed by atoms with Crippen molar-refractivity contribution in [2.24, 2.45) is 0 Å². The third-order valence-corrected chi connectivity index (χ3v) is 6.13. The first kappa shape index (κ1) is 19.4. The number of imidazole rings is 1. The number of carbonyl (C=O) groups excluding carboxylic acids is 1. The molecule has 5 nitrogen and oxygen atoms in total. The van der Waals surface area contributed by atoms with Crippen LogP contribution in [0.2, 0.25) is 0 Å². The summed E-state index contributed by atoms with van der Waals surface area (Å²) in [7, 11) is 0. The SMILES string of the molecule is O=C(NCc1ccc(Cn2ccnc2)cc1)c1ccccc1SCc1cscn1. The second-order valence-corrected chi connectivity index (χ2v) is 8.23. The van der Waals surface area contributed by atoms with Gasteiger partial charge in [-0.15, -0.1) is 23.1 Å². The summed E-state index contributed by atoms with van der Waals surface area (Å²) in [6.07, 6.45) is 5.52. The van der Waals surface area contributed by atoms with E-state index in [1.165, 1.54) is 5.56 Å². The van der Waals surface area contributed by atoms with Crippen LogP contribution in [-0.2, 0) is 18.8 Å². The normalized spacial score (nSPS) is 10.8. The summed E-state index contributed by atoms with van der Waals surface area (Å²) in [6, 6.07) is 16.0. The zero-order valence-corrected chi connectivity index (χ0v) is 17.3. The van der Waals surface area contributed by atoms with Gasteiger partial charge in [0.15, 0.2) is 0 Å². The van der Waals surface area contributed by atoms with Gasteiger partial charge in [0, 0.05) is 41.5 Å². The average molecular weight is 421 g/mol. The van der Waals surface area contributed by atoms with Gasteiger partial charge < -0.3 is 9.88 Å². The quantitative estimate of drug-likeness (QED) is 0.423. The smallest absolute Gasteiger partial charge is 0.252 e. The van der Waals surface area contributed by atoms with Gasteiger partial charge in [-0.2, -0.15) is 0 Å². The Balaban J connectivity index is 1.34. The van der Waals surface area contributed by atoms with E-state index < -0.39 is 0 Å². The van der Waals surface area contributed by atoms with E-state index in [9.17, 15) is 4.79 Å². The zero-order valence-electron chi connectivity index (χ0n) is 15.7. The monoisotopic (exact) mass is 420 g/mol. The topological polar surface area (TPSA) is 59.8 Å². The molecular weight excluding hydrogens is 400 g/mol. The molecule has 0 aliphatic heterocycles. The van der Waals surface area contributed by atoms with Crippen molar-refractivity contribution in [2.45, 2.75) is 23.7 Å². The summed E-state index contributed by atoms with van der Waals surface area (Å²) in [4.78, 5) is 22.1. The molecule has 0 aliphatic carbocycles. The van der Waals surface area contributed by atoms with Crippen molar-refractivity contribution in [2.75, 3.05) is 0 Å². The first-order valence-electron chi connectivity index (χ1n) is 9.18. The average Bonchev–Trinajstić information content (AvgIpc) is 3.46. The van der Waals surface area contributed by atoms with E-state index in [0.717, 1.165) is 28.5 Å². The highest BCUT2D eigenvalue weighted by Gasteiger charge is 2.11. The van der Waals surface area contributed by atoms with Gasteiger partial charge in [0.05, 0.1) is 23.1 Å². The number of benzene rings is 2. The molecule has 0 saturated heterocycles.